The van der Waals surface area contributed by atoms with Crippen molar-refractivity contribution in [2.45, 2.75) is 40.2 Å². The van der Waals surface area contributed by atoms with Crippen molar-refractivity contribution >= 4 is 17.7 Å². The largest absolute Gasteiger partial charge is 0.358 e. The zero-order valence-corrected chi connectivity index (χ0v) is 12.4. The monoisotopic (exact) mass is 271 g/mol. The number of nitrogens with one attached hydrogen (secondary N) is 2. The molecule has 0 heterocycles. The van der Waals surface area contributed by atoms with E-state index in [0.29, 0.717) is 6.42 Å². The Bertz CT molecular complexity index is 327. The van der Waals surface area contributed by atoms with Crippen molar-refractivity contribution in [1.82, 2.24) is 15.5 Å². The van der Waals surface area contributed by atoms with Gasteiger partial charge in [0.2, 0.25) is 17.7 Å². The maximum atomic E-state index is 12.0. The number of hydrogen-bond donors (Lipinski definition) is 2. The molecular weight excluding hydrogens is 246 g/mol. The average Bonchev–Trinajstić information content (AvgIpc) is 2.25. The maximum Gasteiger partial charge on any atom is 0.239 e. The van der Waals surface area contributed by atoms with E-state index in [1.807, 2.05) is 27.7 Å². The van der Waals surface area contributed by atoms with Crippen molar-refractivity contribution in [2.24, 2.45) is 5.92 Å². The highest BCUT2D eigenvalue weighted by atomic mass is 16.2. The molecule has 0 spiro atoms. The normalized spacial score (nSPS) is 10.5. The van der Waals surface area contributed by atoms with Gasteiger partial charge in [0.05, 0.1) is 0 Å². The van der Waals surface area contributed by atoms with Crippen molar-refractivity contribution in [3.63, 3.8) is 0 Å². The second kappa shape index (κ2) is 8.50. The van der Waals surface area contributed by atoms with Gasteiger partial charge < -0.3 is 15.5 Å². The molecule has 3 amide bonds. The first kappa shape index (κ1) is 17.4. The highest BCUT2D eigenvalue weighted by molar-refractivity contribution is 5.89. The van der Waals surface area contributed by atoms with Crippen LogP contribution in [0, 0.1) is 5.92 Å². The molecule has 2 N–H and O–H groups in total. The van der Waals surface area contributed by atoms with Crippen LogP contribution in [0.3, 0.4) is 0 Å². The van der Waals surface area contributed by atoms with E-state index in [9.17, 15) is 14.4 Å². The van der Waals surface area contributed by atoms with E-state index < -0.39 is 0 Å². The van der Waals surface area contributed by atoms with Gasteiger partial charge in [-0.15, -0.1) is 0 Å². The van der Waals surface area contributed by atoms with Crippen LogP contribution in [0.1, 0.15) is 34.1 Å². The summed E-state index contributed by atoms with van der Waals surface area (Å²) in [5.41, 5.74) is 0. The van der Waals surface area contributed by atoms with Gasteiger partial charge in [-0.3, -0.25) is 14.4 Å². The summed E-state index contributed by atoms with van der Waals surface area (Å²) in [5.74, 6) is -0.532. The molecule has 0 aliphatic heterocycles. The van der Waals surface area contributed by atoms with E-state index in [1.54, 1.807) is 0 Å². The van der Waals surface area contributed by atoms with Crippen LogP contribution < -0.4 is 10.6 Å². The minimum Gasteiger partial charge on any atom is -0.358 e. The summed E-state index contributed by atoms with van der Waals surface area (Å²) in [4.78, 5) is 36.3. The number of carbonyl (C=O) groups is 3. The number of nitrogens with zero attached hydrogens (tertiary/aromatic N) is 1. The minimum absolute atomic E-state index is 0.00884. The Balaban J connectivity index is 4.61. The van der Waals surface area contributed by atoms with E-state index >= 15 is 0 Å². The lowest BCUT2D eigenvalue weighted by Crippen LogP contribution is -2.46. The Morgan fingerprint density at radius 2 is 1.53 bits per heavy atom. The summed E-state index contributed by atoms with van der Waals surface area (Å²) in [5, 5.41) is 5.16. The lowest BCUT2D eigenvalue weighted by molar-refractivity contribution is -0.139. The lowest BCUT2D eigenvalue weighted by atomic mass is 10.1. The van der Waals surface area contributed by atoms with Crippen molar-refractivity contribution in [2.75, 3.05) is 20.1 Å². The van der Waals surface area contributed by atoms with Gasteiger partial charge in [-0.1, -0.05) is 13.8 Å². The third-order valence-electron chi connectivity index (χ3n) is 2.33. The fraction of sp³-hybridized carbons (Fsp3) is 0.769. The van der Waals surface area contributed by atoms with Crippen LogP contribution in [0.15, 0.2) is 0 Å². The zero-order valence-electron chi connectivity index (χ0n) is 12.4. The van der Waals surface area contributed by atoms with Crippen LogP contribution in [-0.4, -0.2) is 48.8 Å². The summed E-state index contributed by atoms with van der Waals surface area (Å²) in [7, 11) is 1.50. The lowest BCUT2D eigenvalue weighted by Gasteiger charge is -2.22. The summed E-state index contributed by atoms with van der Waals surface area (Å²) < 4.78 is 0. The topological polar surface area (TPSA) is 78.5 Å². The molecule has 0 aliphatic carbocycles. The second-order valence-electron chi connectivity index (χ2n) is 5.24. The Labute approximate surface area is 114 Å². The van der Waals surface area contributed by atoms with Crippen molar-refractivity contribution in [1.29, 1.82) is 0 Å². The number of rotatable bonds is 7. The number of hydrogen-bond acceptors (Lipinski definition) is 3. The highest BCUT2D eigenvalue weighted by Crippen LogP contribution is 2.04. The molecule has 0 aliphatic rings. The molecule has 6 heteroatoms. The minimum atomic E-state index is -0.283. The molecule has 0 radical (unpaired) electrons. The molecule has 0 fully saturated rings. The molecule has 0 bridgehead atoms. The van der Waals surface area contributed by atoms with Crippen LogP contribution in [-0.2, 0) is 14.4 Å². The standard InChI is InChI=1S/C13H25N3O3/c1-9(2)6-13(19)16(7-11(17)14-5)8-12(18)15-10(3)4/h9-10H,6-8H2,1-5H3,(H,14,17)(H,15,18). The SMILES string of the molecule is CNC(=O)CN(CC(=O)NC(C)C)C(=O)CC(C)C. The van der Waals surface area contributed by atoms with Crippen LogP contribution >= 0.6 is 0 Å². The Hall–Kier alpha value is -1.59. The van der Waals surface area contributed by atoms with Crippen LogP contribution in [0.2, 0.25) is 0 Å². The predicted octanol–water partition coefficient (Wildman–Crippen LogP) is 0.132. The van der Waals surface area contributed by atoms with Gasteiger partial charge in [-0.25, -0.2) is 0 Å². The fourth-order valence-corrected chi connectivity index (χ4v) is 1.50. The molecule has 0 aromatic carbocycles. The molecule has 0 saturated heterocycles. The van der Waals surface area contributed by atoms with Crippen molar-refractivity contribution in [3.05, 3.63) is 0 Å². The Morgan fingerprint density at radius 1 is 1.00 bits per heavy atom. The van der Waals surface area contributed by atoms with Gasteiger partial charge >= 0.3 is 0 Å². The highest BCUT2D eigenvalue weighted by Gasteiger charge is 2.20. The molecule has 0 unspecified atom stereocenters. The number of likely N-dealkylation sites (N-methyl/N-ethyl adjacent to an activating group) is 1. The van der Waals surface area contributed by atoms with E-state index in [2.05, 4.69) is 10.6 Å². The van der Waals surface area contributed by atoms with Gasteiger partial charge in [0, 0.05) is 19.5 Å². The van der Waals surface area contributed by atoms with Crippen molar-refractivity contribution in [3.8, 4) is 0 Å². The van der Waals surface area contributed by atoms with Gasteiger partial charge in [0.1, 0.15) is 13.1 Å². The Kier molecular flexibility index (Phi) is 7.79. The molecule has 0 rings (SSSR count). The summed E-state index contributed by atoms with van der Waals surface area (Å²) in [6.07, 6.45) is 0.325. The number of amides is 3. The van der Waals surface area contributed by atoms with E-state index in [-0.39, 0.29) is 42.8 Å². The third kappa shape index (κ3) is 8.18. The second-order valence-corrected chi connectivity index (χ2v) is 5.24. The molecule has 0 aromatic heterocycles. The molecule has 6 nitrogen and oxygen atoms in total. The smallest absolute Gasteiger partial charge is 0.239 e. The zero-order chi connectivity index (χ0) is 15.0. The molecular formula is C13H25N3O3. The van der Waals surface area contributed by atoms with Crippen molar-refractivity contribution < 1.29 is 14.4 Å². The van der Waals surface area contributed by atoms with Gasteiger partial charge in [0.25, 0.3) is 0 Å². The van der Waals surface area contributed by atoms with Gasteiger partial charge in [-0.05, 0) is 19.8 Å². The summed E-state index contributed by atoms with van der Waals surface area (Å²) >= 11 is 0. The molecule has 19 heavy (non-hydrogen) atoms. The van der Waals surface area contributed by atoms with Crippen LogP contribution in [0.4, 0.5) is 0 Å². The van der Waals surface area contributed by atoms with E-state index in [1.165, 1.54) is 11.9 Å². The molecule has 0 atom stereocenters. The fourth-order valence-electron chi connectivity index (χ4n) is 1.50. The van der Waals surface area contributed by atoms with Gasteiger partial charge in [0.15, 0.2) is 0 Å². The predicted molar refractivity (Wildman–Crippen MR) is 73.4 cm³/mol. The third-order valence-corrected chi connectivity index (χ3v) is 2.33. The van der Waals surface area contributed by atoms with E-state index in [0.717, 1.165) is 0 Å². The first-order valence-corrected chi connectivity index (χ1v) is 6.54. The van der Waals surface area contributed by atoms with Crippen LogP contribution in [0.5, 0.6) is 0 Å². The van der Waals surface area contributed by atoms with E-state index in [4.69, 9.17) is 0 Å². The molecule has 110 valence electrons. The molecule has 0 aromatic rings. The quantitative estimate of drug-likeness (QED) is 0.691. The average molecular weight is 271 g/mol. The van der Waals surface area contributed by atoms with Crippen LogP contribution in [0.25, 0.3) is 0 Å². The summed E-state index contributed by atoms with van der Waals surface area (Å²) in [6.45, 7) is 7.35. The Morgan fingerprint density at radius 3 is 1.95 bits per heavy atom. The molecule has 0 saturated carbocycles. The first-order chi connectivity index (χ1) is 8.76. The first-order valence-electron chi connectivity index (χ1n) is 6.54. The van der Waals surface area contributed by atoms with Gasteiger partial charge in [-0.2, -0.15) is 0 Å². The summed E-state index contributed by atoms with van der Waals surface area (Å²) in [6, 6.07) is 0.00884. The maximum absolute atomic E-state index is 12.0. The number of carbonyl (C=O) groups excluding carboxylic acids is 3.